The lowest BCUT2D eigenvalue weighted by molar-refractivity contribution is 0.407. The Kier molecular flexibility index (Phi) is 5.40. The molecule has 19 heavy (non-hydrogen) atoms. The van der Waals surface area contributed by atoms with Gasteiger partial charge in [0.15, 0.2) is 11.6 Å². The van der Waals surface area contributed by atoms with Gasteiger partial charge in [0, 0.05) is 18.8 Å². The molecule has 0 radical (unpaired) electrons. The number of rotatable bonds is 5. The predicted molar refractivity (Wildman–Crippen MR) is 77.1 cm³/mol. The number of hydrogen-bond donors (Lipinski definition) is 1. The maximum atomic E-state index is 14.1. The van der Waals surface area contributed by atoms with Crippen LogP contribution in [-0.4, -0.2) is 24.1 Å². The van der Waals surface area contributed by atoms with E-state index in [-0.39, 0.29) is 5.82 Å². The summed E-state index contributed by atoms with van der Waals surface area (Å²) in [7, 11) is 0. The van der Waals surface area contributed by atoms with Crippen LogP contribution in [0.15, 0.2) is 12.3 Å². The zero-order valence-electron chi connectivity index (χ0n) is 11.1. The van der Waals surface area contributed by atoms with E-state index < -0.39 is 0 Å². The van der Waals surface area contributed by atoms with Crippen molar-refractivity contribution in [3.8, 4) is 0 Å². The van der Waals surface area contributed by atoms with Crippen molar-refractivity contribution in [3.63, 3.8) is 0 Å². The second-order valence-electron chi connectivity index (χ2n) is 5.09. The molecule has 0 unspecified atom stereocenters. The van der Waals surface area contributed by atoms with Gasteiger partial charge in [-0.3, -0.25) is 0 Å². The van der Waals surface area contributed by atoms with Gasteiger partial charge in [0.05, 0.1) is 5.02 Å². The van der Waals surface area contributed by atoms with Crippen molar-refractivity contribution in [2.24, 2.45) is 5.73 Å². The van der Waals surface area contributed by atoms with E-state index in [4.69, 9.17) is 17.3 Å². The van der Waals surface area contributed by atoms with E-state index in [1.807, 2.05) is 0 Å². The third-order valence-corrected chi connectivity index (χ3v) is 3.89. The first-order valence-corrected chi connectivity index (χ1v) is 7.38. The minimum absolute atomic E-state index is 0.337. The van der Waals surface area contributed by atoms with E-state index in [0.29, 0.717) is 23.4 Å². The van der Waals surface area contributed by atoms with E-state index in [2.05, 4.69) is 9.88 Å². The van der Waals surface area contributed by atoms with Crippen molar-refractivity contribution < 1.29 is 4.39 Å². The Hall–Kier alpha value is -0.870. The number of nitrogens with zero attached hydrogens (tertiary/aromatic N) is 2. The fourth-order valence-corrected chi connectivity index (χ4v) is 2.88. The summed E-state index contributed by atoms with van der Waals surface area (Å²) in [4.78, 5) is 6.27. The molecule has 5 heteroatoms. The van der Waals surface area contributed by atoms with Crippen LogP contribution >= 0.6 is 11.6 Å². The second-order valence-corrected chi connectivity index (χ2v) is 5.52. The van der Waals surface area contributed by atoms with Crippen molar-refractivity contribution in [2.75, 3.05) is 18.0 Å². The van der Waals surface area contributed by atoms with Crippen molar-refractivity contribution >= 4 is 17.4 Å². The monoisotopic (exact) mass is 285 g/mol. The molecule has 2 N–H and O–H groups in total. The molecule has 0 aromatic carbocycles. The summed E-state index contributed by atoms with van der Waals surface area (Å²) in [5.74, 6) is 0.0832. The second kappa shape index (κ2) is 7.06. The number of anilines is 1. The molecule has 0 aliphatic heterocycles. The maximum absolute atomic E-state index is 14.1. The number of aromatic nitrogens is 1. The Morgan fingerprint density at radius 2 is 2.11 bits per heavy atom. The standard InChI is InChI=1S/C14H21ClFN3/c15-11-9-13(16)14(18-10-11)19(8-4-7-17)12-5-2-1-3-6-12/h9-10,12H,1-8,17H2. The SMILES string of the molecule is NCCCN(c1ncc(Cl)cc1F)C1CCCCC1. The van der Waals surface area contributed by atoms with Gasteiger partial charge in [0.1, 0.15) is 0 Å². The van der Waals surface area contributed by atoms with Crippen LogP contribution in [0.3, 0.4) is 0 Å². The summed E-state index contributed by atoms with van der Waals surface area (Å²) >= 11 is 5.77. The molecule has 1 aromatic heterocycles. The Balaban J connectivity index is 2.19. The molecule has 1 aliphatic carbocycles. The molecule has 1 saturated carbocycles. The highest BCUT2D eigenvalue weighted by Gasteiger charge is 2.24. The number of pyridine rings is 1. The highest BCUT2D eigenvalue weighted by Crippen LogP contribution is 2.28. The molecule has 0 amide bonds. The van der Waals surface area contributed by atoms with Gasteiger partial charge in [0.25, 0.3) is 0 Å². The van der Waals surface area contributed by atoms with Crippen molar-refractivity contribution in [3.05, 3.63) is 23.1 Å². The average molecular weight is 286 g/mol. The van der Waals surface area contributed by atoms with E-state index in [0.717, 1.165) is 25.8 Å². The summed E-state index contributed by atoms with van der Waals surface area (Å²) in [6.07, 6.45) is 8.26. The fraction of sp³-hybridized carbons (Fsp3) is 0.643. The van der Waals surface area contributed by atoms with Crippen molar-refractivity contribution in [1.29, 1.82) is 0 Å². The van der Waals surface area contributed by atoms with Gasteiger partial charge in [-0.2, -0.15) is 0 Å². The molecular formula is C14H21ClFN3. The first-order valence-electron chi connectivity index (χ1n) is 7.00. The zero-order valence-corrected chi connectivity index (χ0v) is 11.9. The molecule has 106 valence electrons. The zero-order chi connectivity index (χ0) is 13.7. The first kappa shape index (κ1) is 14.5. The third-order valence-electron chi connectivity index (χ3n) is 3.68. The van der Waals surface area contributed by atoms with Gasteiger partial charge in [-0.25, -0.2) is 9.37 Å². The van der Waals surface area contributed by atoms with Crippen LogP contribution in [0.5, 0.6) is 0 Å². The Morgan fingerprint density at radius 3 is 2.74 bits per heavy atom. The lowest BCUT2D eigenvalue weighted by atomic mass is 9.94. The van der Waals surface area contributed by atoms with Crippen LogP contribution in [0.25, 0.3) is 0 Å². The van der Waals surface area contributed by atoms with Crippen LogP contribution in [0.4, 0.5) is 10.2 Å². The molecule has 1 fully saturated rings. The molecule has 1 heterocycles. The van der Waals surface area contributed by atoms with Crippen molar-refractivity contribution in [1.82, 2.24) is 4.98 Å². The van der Waals surface area contributed by atoms with Crippen LogP contribution < -0.4 is 10.6 Å². The lowest BCUT2D eigenvalue weighted by Crippen LogP contribution is -2.39. The van der Waals surface area contributed by atoms with Gasteiger partial charge in [0.2, 0.25) is 0 Å². The molecule has 0 atom stereocenters. The van der Waals surface area contributed by atoms with Gasteiger partial charge >= 0.3 is 0 Å². The smallest absolute Gasteiger partial charge is 0.167 e. The molecule has 3 nitrogen and oxygen atoms in total. The van der Waals surface area contributed by atoms with Crippen LogP contribution in [0.2, 0.25) is 5.02 Å². The molecule has 1 aromatic rings. The Labute approximate surface area is 118 Å². The summed E-state index contributed by atoms with van der Waals surface area (Å²) in [5.41, 5.74) is 5.58. The third kappa shape index (κ3) is 3.80. The summed E-state index contributed by atoms with van der Waals surface area (Å²) in [6, 6.07) is 1.71. The van der Waals surface area contributed by atoms with Crippen LogP contribution in [0.1, 0.15) is 38.5 Å². The van der Waals surface area contributed by atoms with Gasteiger partial charge in [-0.15, -0.1) is 0 Å². The summed E-state index contributed by atoms with van der Waals surface area (Å²) in [5, 5.41) is 0.337. The van der Waals surface area contributed by atoms with Gasteiger partial charge in [-0.05, 0) is 31.9 Å². The lowest BCUT2D eigenvalue weighted by Gasteiger charge is -2.35. The first-order chi connectivity index (χ1) is 9.22. The molecule has 2 rings (SSSR count). The topological polar surface area (TPSA) is 42.1 Å². The fourth-order valence-electron chi connectivity index (χ4n) is 2.73. The number of hydrogen-bond acceptors (Lipinski definition) is 3. The average Bonchev–Trinajstić information content (AvgIpc) is 2.42. The summed E-state index contributed by atoms with van der Waals surface area (Å²) in [6.45, 7) is 1.37. The van der Waals surface area contributed by atoms with Crippen LogP contribution in [-0.2, 0) is 0 Å². The van der Waals surface area contributed by atoms with E-state index in [9.17, 15) is 4.39 Å². The summed E-state index contributed by atoms with van der Waals surface area (Å²) < 4.78 is 14.1. The van der Waals surface area contributed by atoms with E-state index >= 15 is 0 Å². The largest absolute Gasteiger partial charge is 0.351 e. The van der Waals surface area contributed by atoms with Gasteiger partial charge in [-0.1, -0.05) is 30.9 Å². The minimum atomic E-state index is -0.338. The normalized spacial score (nSPS) is 16.6. The minimum Gasteiger partial charge on any atom is -0.351 e. The molecule has 0 spiro atoms. The predicted octanol–water partition coefficient (Wildman–Crippen LogP) is 3.36. The van der Waals surface area contributed by atoms with Gasteiger partial charge < -0.3 is 10.6 Å². The van der Waals surface area contributed by atoms with E-state index in [1.165, 1.54) is 31.5 Å². The molecular weight excluding hydrogens is 265 g/mol. The highest BCUT2D eigenvalue weighted by molar-refractivity contribution is 6.30. The van der Waals surface area contributed by atoms with E-state index in [1.54, 1.807) is 0 Å². The van der Waals surface area contributed by atoms with Crippen LogP contribution in [0, 0.1) is 5.82 Å². The number of halogens is 2. The maximum Gasteiger partial charge on any atom is 0.167 e. The molecule has 0 saturated heterocycles. The Morgan fingerprint density at radius 1 is 1.37 bits per heavy atom. The number of nitrogens with two attached hydrogens (primary N) is 1. The highest BCUT2D eigenvalue weighted by atomic mass is 35.5. The quantitative estimate of drug-likeness (QED) is 0.902. The molecule has 1 aliphatic rings. The van der Waals surface area contributed by atoms with Crippen molar-refractivity contribution in [2.45, 2.75) is 44.6 Å². The Bertz CT molecular complexity index is 408. The molecule has 0 bridgehead atoms.